The predicted octanol–water partition coefficient (Wildman–Crippen LogP) is 3.62. The molecule has 76 valence electrons. The SMILES string of the molecule is C=C(c1ccccc1)c1ccccc1C#N. The summed E-state index contributed by atoms with van der Waals surface area (Å²) in [7, 11) is 0. The largest absolute Gasteiger partial charge is 0.192 e. The summed E-state index contributed by atoms with van der Waals surface area (Å²) in [4.78, 5) is 0. The third kappa shape index (κ3) is 1.87. The third-order valence-corrected chi connectivity index (χ3v) is 2.49. The van der Waals surface area contributed by atoms with Crippen LogP contribution in [0, 0.1) is 11.3 Å². The Labute approximate surface area is 95.3 Å². The standard InChI is InChI=1S/C15H11N/c1-12(13-7-3-2-4-8-13)15-10-6-5-9-14(15)11-16/h2-10H,1H2. The van der Waals surface area contributed by atoms with E-state index >= 15 is 0 Å². The second-order valence-corrected chi connectivity index (χ2v) is 3.50. The van der Waals surface area contributed by atoms with Crippen molar-refractivity contribution in [3.05, 3.63) is 77.9 Å². The molecule has 0 amide bonds. The molecule has 0 saturated carbocycles. The Bertz CT molecular complexity index is 547. The Balaban J connectivity index is 2.47. The molecule has 0 bridgehead atoms. The molecular weight excluding hydrogens is 194 g/mol. The molecule has 2 aromatic carbocycles. The summed E-state index contributed by atoms with van der Waals surface area (Å²) < 4.78 is 0. The van der Waals surface area contributed by atoms with Crippen molar-refractivity contribution >= 4 is 5.57 Å². The van der Waals surface area contributed by atoms with Crippen molar-refractivity contribution in [2.45, 2.75) is 0 Å². The van der Waals surface area contributed by atoms with Gasteiger partial charge < -0.3 is 0 Å². The maximum Gasteiger partial charge on any atom is 0.0998 e. The second-order valence-electron chi connectivity index (χ2n) is 3.50. The van der Waals surface area contributed by atoms with E-state index in [1.165, 1.54) is 0 Å². The van der Waals surface area contributed by atoms with Crippen molar-refractivity contribution in [1.29, 1.82) is 5.26 Å². The van der Waals surface area contributed by atoms with Crippen LogP contribution in [-0.2, 0) is 0 Å². The zero-order valence-electron chi connectivity index (χ0n) is 8.85. The average Bonchev–Trinajstić information content (AvgIpc) is 2.39. The Morgan fingerprint density at radius 2 is 1.56 bits per heavy atom. The summed E-state index contributed by atoms with van der Waals surface area (Å²) in [5, 5.41) is 9.02. The minimum atomic E-state index is 0.663. The molecule has 0 unspecified atom stereocenters. The topological polar surface area (TPSA) is 23.8 Å². The Morgan fingerprint density at radius 3 is 2.25 bits per heavy atom. The number of hydrogen-bond acceptors (Lipinski definition) is 1. The highest BCUT2D eigenvalue weighted by Gasteiger charge is 2.06. The highest BCUT2D eigenvalue weighted by atomic mass is 14.2. The fourth-order valence-electron chi connectivity index (χ4n) is 1.64. The lowest BCUT2D eigenvalue weighted by Crippen LogP contribution is -1.89. The molecule has 0 N–H and O–H groups in total. The first kappa shape index (κ1) is 10.2. The monoisotopic (exact) mass is 205 g/mol. The van der Waals surface area contributed by atoms with Crippen LogP contribution in [0.2, 0.25) is 0 Å². The van der Waals surface area contributed by atoms with Gasteiger partial charge in [-0.3, -0.25) is 0 Å². The molecule has 0 aliphatic carbocycles. The maximum atomic E-state index is 9.02. The molecule has 0 spiro atoms. The number of nitriles is 1. The molecule has 0 aromatic heterocycles. The first-order chi connectivity index (χ1) is 7.83. The smallest absolute Gasteiger partial charge is 0.0998 e. The molecule has 0 atom stereocenters. The molecule has 1 heteroatoms. The quantitative estimate of drug-likeness (QED) is 0.734. The van der Waals surface area contributed by atoms with Crippen molar-refractivity contribution in [3.63, 3.8) is 0 Å². The van der Waals surface area contributed by atoms with Gasteiger partial charge in [-0.15, -0.1) is 0 Å². The van der Waals surface area contributed by atoms with Gasteiger partial charge in [0.15, 0.2) is 0 Å². The summed E-state index contributed by atoms with van der Waals surface area (Å²) in [5.41, 5.74) is 3.50. The van der Waals surface area contributed by atoms with Gasteiger partial charge in [-0.05, 0) is 22.8 Å². The zero-order chi connectivity index (χ0) is 11.4. The minimum Gasteiger partial charge on any atom is -0.192 e. The summed E-state index contributed by atoms with van der Waals surface area (Å²) >= 11 is 0. The van der Waals surface area contributed by atoms with Crippen LogP contribution in [0.4, 0.5) is 0 Å². The van der Waals surface area contributed by atoms with Crippen LogP contribution in [0.15, 0.2) is 61.2 Å². The Kier molecular flexibility index (Phi) is 2.84. The van der Waals surface area contributed by atoms with Gasteiger partial charge in [-0.25, -0.2) is 0 Å². The van der Waals surface area contributed by atoms with E-state index in [4.69, 9.17) is 5.26 Å². The number of benzene rings is 2. The van der Waals surface area contributed by atoms with Gasteiger partial charge in [0.05, 0.1) is 11.6 Å². The lowest BCUT2D eigenvalue weighted by molar-refractivity contribution is 1.45. The lowest BCUT2D eigenvalue weighted by Gasteiger charge is -2.07. The molecular formula is C15H11N. The first-order valence-electron chi connectivity index (χ1n) is 5.07. The average molecular weight is 205 g/mol. The van der Waals surface area contributed by atoms with Gasteiger partial charge in [-0.2, -0.15) is 5.26 Å². The van der Waals surface area contributed by atoms with Gasteiger partial charge in [0.1, 0.15) is 0 Å². The van der Waals surface area contributed by atoms with E-state index in [0.717, 1.165) is 16.7 Å². The van der Waals surface area contributed by atoms with Crippen molar-refractivity contribution in [2.75, 3.05) is 0 Å². The molecule has 2 aromatic rings. The highest BCUT2D eigenvalue weighted by Crippen LogP contribution is 2.23. The van der Waals surface area contributed by atoms with Crippen molar-refractivity contribution in [3.8, 4) is 6.07 Å². The number of nitrogens with zero attached hydrogens (tertiary/aromatic N) is 1. The molecule has 0 aliphatic rings. The van der Waals surface area contributed by atoms with E-state index in [1.54, 1.807) is 0 Å². The van der Waals surface area contributed by atoms with Crippen LogP contribution in [-0.4, -0.2) is 0 Å². The molecule has 2 rings (SSSR count). The van der Waals surface area contributed by atoms with Crippen LogP contribution in [0.3, 0.4) is 0 Å². The van der Waals surface area contributed by atoms with E-state index in [1.807, 2.05) is 54.6 Å². The van der Waals surface area contributed by atoms with E-state index in [-0.39, 0.29) is 0 Å². The first-order valence-corrected chi connectivity index (χ1v) is 5.07. The molecule has 16 heavy (non-hydrogen) atoms. The molecule has 0 heterocycles. The summed E-state index contributed by atoms with van der Waals surface area (Å²) in [6.45, 7) is 4.05. The van der Waals surface area contributed by atoms with Crippen molar-refractivity contribution < 1.29 is 0 Å². The van der Waals surface area contributed by atoms with Gasteiger partial charge in [0.2, 0.25) is 0 Å². The van der Waals surface area contributed by atoms with Crippen LogP contribution in [0.5, 0.6) is 0 Å². The van der Waals surface area contributed by atoms with Crippen LogP contribution < -0.4 is 0 Å². The van der Waals surface area contributed by atoms with Crippen molar-refractivity contribution in [1.82, 2.24) is 0 Å². The van der Waals surface area contributed by atoms with Gasteiger partial charge in [0.25, 0.3) is 0 Å². The zero-order valence-corrected chi connectivity index (χ0v) is 8.85. The molecule has 0 fully saturated rings. The molecule has 0 aliphatic heterocycles. The maximum absolute atomic E-state index is 9.02. The lowest BCUT2D eigenvalue weighted by atomic mass is 9.96. The second kappa shape index (κ2) is 4.46. The van der Waals surface area contributed by atoms with E-state index in [9.17, 15) is 0 Å². The number of hydrogen-bond donors (Lipinski definition) is 0. The van der Waals surface area contributed by atoms with Gasteiger partial charge in [-0.1, -0.05) is 55.1 Å². The number of rotatable bonds is 2. The summed E-state index contributed by atoms with van der Waals surface area (Å²) in [6.07, 6.45) is 0. The Morgan fingerprint density at radius 1 is 0.938 bits per heavy atom. The van der Waals surface area contributed by atoms with Gasteiger partial charge >= 0.3 is 0 Å². The summed E-state index contributed by atoms with van der Waals surface area (Å²) in [6, 6.07) is 19.6. The fourth-order valence-corrected chi connectivity index (χ4v) is 1.64. The molecule has 1 nitrogen and oxygen atoms in total. The summed E-state index contributed by atoms with van der Waals surface area (Å²) in [5.74, 6) is 0. The van der Waals surface area contributed by atoms with Crippen molar-refractivity contribution in [2.24, 2.45) is 0 Å². The third-order valence-electron chi connectivity index (χ3n) is 2.49. The van der Waals surface area contributed by atoms with E-state index in [0.29, 0.717) is 5.56 Å². The van der Waals surface area contributed by atoms with Crippen LogP contribution >= 0.6 is 0 Å². The normalized spacial score (nSPS) is 9.44. The highest BCUT2D eigenvalue weighted by molar-refractivity contribution is 5.80. The van der Waals surface area contributed by atoms with E-state index < -0.39 is 0 Å². The van der Waals surface area contributed by atoms with Crippen LogP contribution in [0.1, 0.15) is 16.7 Å². The Hall–Kier alpha value is -2.33. The minimum absolute atomic E-state index is 0.663. The van der Waals surface area contributed by atoms with Gasteiger partial charge in [0, 0.05) is 0 Å². The molecule has 0 saturated heterocycles. The van der Waals surface area contributed by atoms with E-state index in [2.05, 4.69) is 12.6 Å². The molecule has 0 radical (unpaired) electrons. The van der Waals surface area contributed by atoms with Crippen LogP contribution in [0.25, 0.3) is 5.57 Å². The fraction of sp³-hybridized carbons (Fsp3) is 0. The predicted molar refractivity (Wildman–Crippen MR) is 65.7 cm³/mol.